The number of ether oxygens (including phenoxy) is 1. The molecule has 1 heterocycles. The van der Waals surface area contributed by atoms with E-state index in [1.165, 1.54) is 6.07 Å². The topological polar surface area (TPSA) is 80.0 Å². The molecule has 7 nitrogen and oxygen atoms in total. The average Bonchev–Trinajstić information content (AvgIpc) is 2.61. The largest absolute Gasteiger partial charge is 0.462 e. The van der Waals surface area contributed by atoms with Gasteiger partial charge in [-0.25, -0.2) is 5.43 Å². The van der Waals surface area contributed by atoms with Gasteiger partial charge in [0.1, 0.15) is 0 Å². The van der Waals surface area contributed by atoms with E-state index in [2.05, 4.69) is 5.10 Å². The van der Waals surface area contributed by atoms with Gasteiger partial charge in [-0.1, -0.05) is 0 Å². The van der Waals surface area contributed by atoms with Crippen LogP contribution in [0.5, 0.6) is 0 Å². The summed E-state index contributed by atoms with van der Waals surface area (Å²) < 4.78 is 93.6. The number of rotatable bonds is 6. The summed E-state index contributed by atoms with van der Waals surface area (Å²) in [5, 5.41) is 13.6. The third kappa shape index (κ3) is 4.43. The van der Waals surface area contributed by atoms with E-state index in [9.17, 15) is 40.8 Å². The lowest BCUT2D eigenvalue weighted by Gasteiger charge is -2.30. The highest BCUT2D eigenvalue weighted by atomic mass is 19.4. The maximum Gasteiger partial charge on any atom is 0.462 e. The fourth-order valence-corrected chi connectivity index (χ4v) is 2.28. The van der Waals surface area contributed by atoms with E-state index >= 15 is 0 Å². The molecular formula is C14H13F7N4O3. The number of hydrogen-bond donors (Lipinski definition) is 1. The first-order valence-corrected chi connectivity index (χ1v) is 7.60. The van der Waals surface area contributed by atoms with Crippen molar-refractivity contribution in [1.29, 1.82) is 0 Å². The summed E-state index contributed by atoms with van der Waals surface area (Å²) in [6.45, 7) is 1.30. The SMILES string of the molecule is O=[N+]([O-])c1ccc(N2CCOCC2)c(/C=N/NC(F)(F)C(F)(F)C(F)(F)F)c1. The molecule has 0 aromatic heterocycles. The van der Waals surface area contributed by atoms with Crippen LogP contribution in [0.4, 0.5) is 42.1 Å². The molecule has 1 aliphatic heterocycles. The van der Waals surface area contributed by atoms with Gasteiger partial charge in [-0.15, -0.1) is 0 Å². The second-order valence-electron chi connectivity index (χ2n) is 5.62. The van der Waals surface area contributed by atoms with Gasteiger partial charge in [0.15, 0.2) is 0 Å². The van der Waals surface area contributed by atoms with Gasteiger partial charge in [0.25, 0.3) is 5.69 Å². The van der Waals surface area contributed by atoms with E-state index < -0.39 is 28.8 Å². The zero-order chi connectivity index (χ0) is 21.2. The summed E-state index contributed by atoms with van der Waals surface area (Å²) in [7, 11) is 0. The van der Waals surface area contributed by atoms with Crippen LogP contribution in [0, 0.1) is 10.1 Å². The normalized spacial score (nSPS) is 16.5. The van der Waals surface area contributed by atoms with E-state index in [4.69, 9.17) is 4.74 Å². The van der Waals surface area contributed by atoms with Gasteiger partial charge in [0.05, 0.1) is 24.4 Å². The van der Waals surface area contributed by atoms with Gasteiger partial charge in [0, 0.05) is 36.5 Å². The molecule has 1 N–H and O–H groups in total. The standard InChI is InChI=1S/C14H13F7N4O3/c15-12(16,13(17,18)19)14(20,21)23-22-8-9-7-10(25(26)27)1-2-11(9)24-3-5-28-6-4-24/h1-2,7-8,23H,3-6H2/b22-8+. The number of hydrazone groups is 1. The van der Waals surface area contributed by atoms with Crippen molar-refractivity contribution >= 4 is 17.6 Å². The van der Waals surface area contributed by atoms with Gasteiger partial charge in [-0.2, -0.15) is 35.8 Å². The van der Waals surface area contributed by atoms with Crippen LogP contribution in [0.3, 0.4) is 0 Å². The number of hydrogen-bond acceptors (Lipinski definition) is 6. The Morgan fingerprint density at radius 3 is 2.29 bits per heavy atom. The lowest BCUT2D eigenvalue weighted by atomic mass is 10.1. The van der Waals surface area contributed by atoms with E-state index in [0.717, 1.165) is 12.1 Å². The number of nitro benzene ring substituents is 1. The molecule has 28 heavy (non-hydrogen) atoms. The smallest absolute Gasteiger partial charge is 0.378 e. The first-order chi connectivity index (χ1) is 12.9. The molecule has 0 bridgehead atoms. The van der Waals surface area contributed by atoms with Crippen LogP contribution in [0.15, 0.2) is 23.3 Å². The molecule has 1 aliphatic rings. The Morgan fingerprint density at radius 2 is 1.75 bits per heavy atom. The molecule has 156 valence electrons. The summed E-state index contributed by atoms with van der Waals surface area (Å²) >= 11 is 0. The van der Waals surface area contributed by atoms with Crippen molar-refractivity contribution in [2.45, 2.75) is 18.1 Å². The number of nitrogens with one attached hydrogen (secondary N) is 1. The van der Waals surface area contributed by atoms with Crippen LogP contribution in [-0.4, -0.2) is 55.6 Å². The summed E-state index contributed by atoms with van der Waals surface area (Å²) in [4.78, 5) is 11.8. The summed E-state index contributed by atoms with van der Waals surface area (Å²) in [5.74, 6) is -6.38. The number of anilines is 1. The molecule has 0 spiro atoms. The van der Waals surface area contributed by atoms with Crippen molar-refractivity contribution in [3.63, 3.8) is 0 Å². The Balaban J connectivity index is 2.30. The summed E-state index contributed by atoms with van der Waals surface area (Å²) in [5.41, 5.74) is 0.186. The number of halogens is 7. The maximum absolute atomic E-state index is 13.2. The molecule has 0 atom stereocenters. The minimum atomic E-state index is -6.51. The quantitative estimate of drug-likeness (QED) is 0.253. The molecule has 1 saturated heterocycles. The van der Waals surface area contributed by atoms with E-state index in [-0.39, 0.29) is 11.3 Å². The number of nitrogens with zero attached hydrogens (tertiary/aromatic N) is 3. The van der Waals surface area contributed by atoms with Crippen LogP contribution in [-0.2, 0) is 4.74 Å². The van der Waals surface area contributed by atoms with Crippen LogP contribution in [0.25, 0.3) is 0 Å². The second kappa shape index (κ2) is 7.77. The third-order valence-corrected chi connectivity index (χ3v) is 3.73. The summed E-state index contributed by atoms with van der Waals surface area (Å²) in [6.07, 6.45) is -6.00. The molecule has 0 unspecified atom stereocenters. The average molecular weight is 418 g/mol. The number of morpholine rings is 1. The van der Waals surface area contributed by atoms with Crippen molar-refractivity contribution in [2.75, 3.05) is 31.2 Å². The highest BCUT2D eigenvalue weighted by Gasteiger charge is 2.73. The number of nitro groups is 1. The lowest BCUT2D eigenvalue weighted by molar-refractivity contribution is -0.384. The Bertz CT molecular complexity index is 749. The van der Waals surface area contributed by atoms with E-state index in [1.807, 2.05) is 0 Å². The monoisotopic (exact) mass is 418 g/mol. The predicted octanol–water partition coefficient (Wildman–Crippen LogP) is 3.15. The minimum absolute atomic E-state index is 0.130. The van der Waals surface area contributed by atoms with Gasteiger partial charge in [-0.05, 0) is 6.07 Å². The Hall–Kier alpha value is -2.64. The first kappa shape index (κ1) is 21.7. The molecule has 2 rings (SSSR count). The fraction of sp³-hybridized carbons (Fsp3) is 0.500. The number of benzene rings is 1. The molecule has 14 heteroatoms. The minimum Gasteiger partial charge on any atom is -0.378 e. The number of non-ortho nitro benzene ring substituents is 1. The van der Waals surface area contributed by atoms with Crippen LogP contribution >= 0.6 is 0 Å². The highest BCUT2D eigenvalue weighted by molar-refractivity contribution is 5.89. The predicted molar refractivity (Wildman–Crippen MR) is 82.8 cm³/mol. The highest BCUT2D eigenvalue weighted by Crippen LogP contribution is 2.45. The molecule has 0 amide bonds. The first-order valence-electron chi connectivity index (χ1n) is 7.60. The van der Waals surface area contributed by atoms with Crippen molar-refractivity contribution < 1.29 is 40.4 Å². The second-order valence-corrected chi connectivity index (χ2v) is 5.62. The fourth-order valence-electron chi connectivity index (χ4n) is 2.28. The zero-order valence-electron chi connectivity index (χ0n) is 13.8. The van der Waals surface area contributed by atoms with E-state index in [0.29, 0.717) is 37.9 Å². The Morgan fingerprint density at radius 1 is 1.14 bits per heavy atom. The molecule has 1 aromatic rings. The Kier molecular flexibility index (Phi) is 6.01. The van der Waals surface area contributed by atoms with Gasteiger partial charge >= 0.3 is 18.1 Å². The van der Waals surface area contributed by atoms with Crippen molar-refractivity contribution in [2.24, 2.45) is 5.10 Å². The molecule has 0 aliphatic carbocycles. The zero-order valence-corrected chi connectivity index (χ0v) is 13.8. The van der Waals surface area contributed by atoms with Crippen molar-refractivity contribution in [3.8, 4) is 0 Å². The molecule has 0 radical (unpaired) electrons. The lowest BCUT2D eigenvalue weighted by Crippen LogP contribution is -2.58. The molecular weight excluding hydrogens is 405 g/mol. The van der Waals surface area contributed by atoms with Crippen molar-refractivity contribution in [3.05, 3.63) is 33.9 Å². The van der Waals surface area contributed by atoms with Gasteiger partial charge in [0.2, 0.25) is 0 Å². The maximum atomic E-state index is 13.2. The third-order valence-electron chi connectivity index (χ3n) is 3.73. The molecule has 1 aromatic carbocycles. The molecule has 1 fully saturated rings. The van der Waals surface area contributed by atoms with Crippen LogP contribution in [0.1, 0.15) is 5.56 Å². The van der Waals surface area contributed by atoms with E-state index in [1.54, 1.807) is 4.90 Å². The number of alkyl halides is 7. The van der Waals surface area contributed by atoms with Crippen LogP contribution < -0.4 is 10.3 Å². The van der Waals surface area contributed by atoms with Gasteiger partial charge in [-0.3, -0.25) is 10.1 Å². The van der Waals surface area contributed by atoms with Crippen molar-refractivity contribution in [1.82, 2.24) is 5.43 Å². The Labute approximate surface area is 152 Å². The molecule has 0 saturated carbocycles. The summed E-state index contributed by atoms with van der Waals surface area (Å²) in [6, 6.07) is -2.40. The van der Waals surface area contributed by atoms with Gasteiger partial charge < -0.3 is 9.64 Å². The van der Waals surface area contributed by atoms with Crippen LogP contribution in [0.2, 0.25) is 0 Å².